The SMILES string of the molecule is Cn1ncc2cc(S(=N)(N)=O)ccc21. The molecule has 5 nitrogen and oxygen atoms in total. The first kappa shape index (κ1) is 9.17. The summed E-state index contributed by atoms with van der Waals surface area (Å²) in [5, 5.41) is 10.1. The molecule has 1 heterocycles. The van der Waals surface area contributed by atoms with Crippen LogP contribution in [-0.4, -0.2) is 14.0 Å². The van der Waals surface area contributed by atoms with Gasteiger partial charge in [0, 0.05) is 12.4 Å². The van der Waals surface area contributed by atoms with Crippen LogP contribution in [0.15, 0.2) is 29.3 Å². The fourth-order valence-electron chi connectivity index (χ4n) is 1.33. The second kappa shape index (κ2) is 2.79. The number of benzene rings is 1. The van der Waals surface area contributed by atoms with Crippen LogP contribution in [0, 0.1) is 4.78 Å². The number of rotatable bonds is 1. The Morgan fingerprint density at radius 3 is 2.93 bits per heavy atom. The lowest BCUT2D eigenvalue weighted by atomic mass is 10.3. The van der Waals surface area contributed by atoms with Crippen molar-refractivity contribution in [3.8, 4) is 0 Å². The van der Waals surface area contributed by atoms with Crippen molar-refractivity contribution in [1.29, 1.82) is 4.78 Å². The molecule has 0 fully saturated rings. The van der Waals surface area contributed by atoms with E-state index in [0.717, 1.165) is 10.9 Å². The third kappa shape index (κ3) is 1.38. The Hall–Kier alpha value is -1.40. The summed E-state index contributed by atoms with van der Waals surface area (Å²) in [5.41, 5.74) is 0.928. The molecule has 3 N–H and O–H groups in total. The number of nitrogens with one attached hydrogen (secondary N) is 1. The Kier molecular flexibility index (Phi) is 1.83. The number of aryl methyl sites for hydroxylation is 1. The van der Waals surface area contributed by atoms with Crippen LogP contribution in [0.5, 0.6) is 0 Å². The number of fused-ring (bicyclic) bond motifs is 1. The molecule has 0 aliphatic heterocycles. The van der Waals surface area contributed by atoms with Crippen LogP contribution in [0.1, 0.15) is 0 Å². The summed E-state index contributed by atoms with van der Waals surface area (Å²) in [7, 11) is -1.30. The van der Waals surface area contributed by atoms with Crippen molar-refractivity contribution in [2.75, 3.05) is 0 Å². The van der Waals surface area contributed by atoms with Gasteiger partial charge in [-0.1, -0.05) is 0 Å². The van der Waals surface area contributed by atoms with E-state index in [4.69, 9.17) is 9.92 Å². The second-order valence-electron chi connectivity index (χ2n) is 3.09. The van der Waals surface area contributed by atoms with Gasteiger partial charge >= 0.3 is 0 Å². The third-order valence-corrected chi connectivity index (χ3v) is 3.02. The Morgan fingerprint density at radius 1 is 1.57 bits per heavy atom. The highest BCUT2D eigenvalue weighted by atomic mass is 32.2. The molecular formula is C8H10N4OS. The van der Waals surface area contributed by atoms with Gasteiger partial charge in [0.05, 0.1) is 16.6 Å². The van der Waals surface area contributed by atoms with E-state index >= 15 is 0 Å². The summed E-state index contributed by atoms with van der Waals surface area (Å²) in [4.78, 5) is 0.331. The standard InChI is InChI=1S/C8H10N4OS/c1-12-8-3-2-7(14(9,10)13)4-6(8)5-11-12/h2-5H,1H3,(H3,9,10,13). The van der Waals surface area contributed by atoms with Gasteiger partial charge in [0.2, 0.25) is 0 Å². The minimum Gasteiger partial charge on any atom is -0.268 e. The van der Waals surface area contributed by atoms with Crippen molar-refractivity contribution in [2.24, 2.45) is 12.2 Å². The largest absolute Gasteiger partial charge is 0.268 e. The second-order valence-corrected chi connectivity index (χ2v) is 4.76. The van der Waals surface area contributed by atoms with E-state index in [0.29, 0.717) is 4.90 Å². The summed E-state index contributed by atoms with van der Waals surface area (Å²) in [6, 6.07) is 5.00. The zero-order valence-electron chi connectivity index (χ0n) is 7.60. The molecule has 6 heteroatoms. The topological polar surface area (TPSA) is 84.8 Å². The molecule has 0 saturated heterocycles. The molecule has 0 amide bonds. The highest BCUT2D eigenvalue weighted by molar-refractivity contribution is 7.90. The number of nitrogens with two attached hydrogens (primary N) is 1. The third-order valence-electron chi connectivity index (χ3n) is 2.07. The van der Waals surface area contributed by atoms with Crippen LogP contribution in [0.3, 0.4) is 0 Å². The Labute approximate surface area is 81.6 Å². The van der Waals surface area contributed by atoms with Gasteiger partial charge in [-0.2, -0.15) is 5.10 Å². The molecule has 74 valence electrons. The average Bonchev–Trinajstić information content (AvgIpc) is 2.46. The quantitative estimate of drug-likeness (QED) is 0.731. The van der Waals surface area contributed by atoms with Crippen molar-refractivity contribution in [2.45, 2.75) is 4.90 Å². The molecule has 0 spiro atoms. The molecule has 0 aliphatic carbocycles. The van der Waals surface area contributed by atoms with Crippen molar-refractivity contribution < 1.29 is 4.21 Å². The highest BCUT2D eigenvalue weighted by Gasteiger charge is 2.06. The summed E-state index contributed by atoms with van der Waals surface area (Å²) in [6.45, 7) is 0. The fraction of sp³-hybridized carbons (Fsp3) is 0.125. The van der Waals surface area contributed by atoms with Crippen LogP contribution in [0.4, 0.5) is 0 Å². The van der Waals surface area contributed by atoms with Crippen LogP contribution in [0.25, 0.3) is 10.9 Å². The summed E-state index contributed by atoms with van der Waals surface area (Å²) >= 11 is 0. The summed E-state index contributed by atoms with van der Waals surface area (Å²) in [6.07, 6.45) is 1.66. The van der Waals surface area contributed by atoms with Crippen LogP contribution in [0.2, 0.25) is 0 Å². The highest BCUT2D eigenvalue weighted by Crippen LogP contribution is 2.17. The molecule has 1 aromatic heterocycles. The lowest BCUT2D eigenvalue weighted by Gasteiger charge is -2.00. The number of hydrogen-bond donors (Lipinski definition) is 2. The van der Waals surface area contributed by atoms with Gasteiger partial charge in [-0.3, -0.25) is 4.68 Å². The lowest BCUT2D eigenvalue weighted by molar-refractivity contribution is 0.676. The van der Waals surface area contributed by atoms with E-state index in [9.17, 15) is 4.21 Å². The van der Waals surface area contributed by atoms with E-state index < -0.39 is 9.92 Å². The minimum absolute atomic E-state index is 0.331. The molecule has 0 aliphatic rings. The van der Waals surface area contributed by atoms with Gasteiger partial charge in [0.1, 0.15) is 9.92 Å². The maximum Gasteiger partial charge on any atom is 0.132 e. The molecule has 0 saturated carbocycles. The summed E-state index contributed by atoms with van der Waals surface area (Å²) in [5.74, 6) is 0. The van der Waals surface area contributed by atoms with E-state index in [1.165, 1.54) is 0 Å². The van der Waals surface area contributed by atoms with E-state index in [-0.39, 0.29) is 0 Å². The predicted molar refractivity (Wildman–Crippen MR) is 54.0 cm³/mol. The van der Waals surface area contributed by atoms with Crippen LogP contribution < -0.4 is 5.14 Å². The zero-order valence-corrected chi connectivity index (χ0v) is 8.41. The Bertz CT molecular complexity index is 584. The van der Waals surface area contributed by atoms with Crippen molar-refractivity contribution >= 4 is 20.8 Å². The monoisotopic (exact) mass is 210 g/mol. The smallest absolute Gasteiger partial charge is 0.132 e. The molecule has 2 rings (SSSR count). The molecule has 2 aromatic rings. The molecule has 1 unspecified atom stereocenters. The zero-order chi connectivity index (χ0) is 10.3. The van der Waals surface area contributed by atoms with Gasteiger partial charge in [0.15, 0.2) is 0 Å². The molecule has 0 radical (unpaired) electrons. The van der Waals surface area contributed by atoms with Gasteiger partial charge in [-0.25, -0.2) is 14.1 Å². The normalized spacial score (nSPS) is 15.6. The molecule has 1 aromatic carbocycles. The lowest BCUT2D eigenvalue weighted by Crippen LogP contribution is -2.09. The van der Waals surface area contributed by atoms with Crippen molar-refractivity contribution in [3.05, 3.63) is 24.4 Å². The first-order chi connectivity index (χ1) is 6.48. The van der Waals surface area contributed by atoms with E-state index in [1.54, 1.807) is 29.1 Å². The predicted octanol–water partition coefficient (Wildman–Crippen LogP) is 0.853. The van der Waals surface area contributed by atoms with Gasteiger partial charge in [0.25, 0.3) is 0 Å². The molecule has 14 heavy (non-hydrogen) atoms. The minimum atomic E-state index is -3.12. The van der Waals surface area contributed by atoms with Gasteiger partial charge < -0.3 is 0 Å². The average molecular weight is 210 g/mol. The summed E-state index contributed by atoms with van der Waals surface area (Å²) < 4.78 is 20.2. The van der Waals surface area contributed by atoms with E-state index in [1.807, 2.05) is 7.05 Å². The Morgan fingerprint density at radius 2 is 2.29 bits per heavy atom. The number of aromatic nitrogens is 2. The maximum atomic E-state index is 11.3. The van der Waals surface area contributed by atoms with Gasteiger partial charge in [-0.15, -0.1) is 0 Å². The first-order valence-electron chi connectivity index (χ1n) is 3.97. The van der Waals surface area contributed by atoms with Gasteiger partial charge in [-0.05, 0) is 18.2 Å². The maximum absolute atomic E-state index is 11.3. The molecule has 1 atom stereocenters. The fourth-order valence-corrected chi connectivity index (χ4v) is 1.90. The Balaban J connectivity index is 2.76. The number of nitrogens with zero attached hydrogens (tertiary/aromatic N) is 2. The van der Waals surface area contributed by atoms with E-state index in [2.05, 4.69) is 5.10 Å². The van der Waals surface area contributed by atoms with Crippen LogP contribution in [-0.2, 0) is 17.0 Å². The number of hydrogen-bond acceptors (Lipinski definition) is 3. The van der Waals surface area contributed by atoms with Crippen molar-refractivity contribution in [3.63, 3.8) is 0 Å². The van der Waals surface area contributed by atoms with Crippen molar-refractivity contribution in [1.82, 2.24) is 9.78 Å². The molecular weight excluding hydrogens is 200 g/mol. The molecule has 0 bridgehead atoms. The van der Waals surface area contributed by atoms with Crippen LogP contribution >= 0.6 is 0 Å². The first-order valence-corrected chi connectivity index (χ1v) is 5.59.